The number of hydrogen-bond acceptors (Lipinski definition) is 3. The fourth-order valence-electron chi connectivity index (χ4n) is 2.28. The van der Waals surface area contributed by atoms with E-state index < -0.39 is 0 Å². The fraction of sp³-hybridized carbons (Fsp3) is 0.667. The van der Waals surface area contributed by atoms with Gasteiger partial charge in [-0.2, -0.15) is 0 Å². The molecule has 0 fully saturated rings. The molecule has 1 atom stereocenters. The van der Waals surface area contributed by atoms with Gasteiger partial charge >= 0.3 is 0 Å². The quantitative estimate of drug-likeness (QED) is 0.633. The molecule has 0 saturated heterocycles. The summed E-state index contributed by atoms with van der Waals surface area (Å²) in [4.78, 5) is 0. The van der Waals surface area contributed by atoms with E-state index in [1.807, 2.05) is 0 Å². The average Bonchev–Trinajstić information content (AvgIpc) is 2.46. The number of nitrogens with one attached hydrogen (secondary N) is 1. The molecular formula is C18H31NO2. The van der Waals surface area contributed by atoms with Crippen molar-refractivity contribution in [2.45, 2.75) is 45.6 Å². The molecule has 1 N–H and O–H groups in total. The molecule has 0 aliphatic heterocycles. The zero-order valence-electron chi connectivity index (χ0n) is 14.0. The normalized spacial score (nSPS) is 12.8. The van der Waals surface area contributed by atoms with E-state index in [1.54, 1.807) is 7.11 Å². The third-order valence-electron chi connectivity index (χ3n) is 3.59. The number of methoxy groups -OCH3 is 1. The van der Waals surface area contributed by atoms with Crippen LogP contribution in [0.5, 0.6) is 0 Å². The Kier molecular flexibility index (Phi) is 9.31. The van der Waals surface area contributed by atoms with Gasteiger partial charge in [-0.15, -0.1) is 0 Å². The lowest BCUT2D eigenvalue weighted by atomic mass is 9.93. The second kappa shape index (κ2) is 10.8. The smallest absolute Gasteiger partial charge is 0.0700 e. The van der Waals surface area contributed by atoms with Crippen molar-refractivity contribution in [1.29, 1.82) is 0 Å². The molecule has 3 heteroatoms. The number of rotatable bonds is 11. The predicted molar refractivity (Wildman–Crippen MR) is 89.0 cm³/mol. The Hall–Kier alpha value is -0.900. The zero-order chi connectivity index (χ0) is 15.5. The third kappa shape index (κ3) is 8.20. The van der Waals surface area contributed by atoms with Crippen molar-refractivity contribution < 1.29 is 9.47 Å². The van der Waals surface area contributed by atoms with E-state index in [-0.39, 0.29) is 0 Å². The summed E-state index contributed by atoms with van der Waals surface area (Å²) in [5.74, 6) is 0.555. The van der Waals surface area contributed by atoms with Crippen molar-refractivity contribution in [3.63, 3.8) is 0 Å². The summed E-state index contributed by atoms with van der Waals surface area (Å²) < 4.78 is 10.5. The van der Waals surface area contributed by atoms with Gasteiger partial charge in [-0.05, 0) is 31.2 Å². The highest BCUT2D eigenvalue weighted by molar-refractivity contribution is 5.24. The van der Waals surface area contributed by atoms with Gasteiger partial charge in [0.25, 0.3) is 0 Å². The molecule has 120 valence electrons. The number of benzene rings is 1. The minimum atomic E-state index is 0.524. The van der Waals surface area contributed by atoms with Gasteiger partial charge in [-0.25, -0.2) is 0 Å². The van der Waals surface area contributed by atoms with Crippen LogP contribution in [0.2, 0.25) is 0 Å². The summed E-state index contributed by atoms with van der Waals surface area (Å²) >= 11 is 0. The summed E-state index contributed by atoms with van der Waals surface area (Å²) in [6.07, 6.45) is 2.23. The van der Waals surface area contributed by atoms with Crippen LogP contribution in [0, 0.1) is 6.92 Å². The van der Waals surface area contributed by atoms with E-state index in [0.29, 0.717) is 25.2 Å². The molecule has 1 aromatic carbocycles. The number of aryl methyl sites for hydroxylation is 1. The van der Waals surface area contributed by atoms with Crippen LogP contribution in [0.25, 0.3) is 0 Å². The lowest BCUT2D eigenvalue weighted by Crippen LogP contribution is -2.28. The number of ether oxygens (including phenoxy) is 2. The summed E-state index contributed by atoms with van der Waals surface area (Å²) in [7, 11) is 1.70. The molecule has 0 spiro atoms. The van der Waals surface area contributed by atoms with Crippen LogP contribution in [0.1, 0.15) is 43.7 Å². The van der Waals surface area contributed by atoms with Gasteiger partial charge in [0.1, 0.15) is 0 Å². The first-order valence-corrected chi connectivity index (χ1v) is 8.00. The van der Waals surface area contributed by atoms with Crippen LogP contribution < -0.4 is 5.32 Å². The van der Waals surface area contributed by atoms with E-state index in [4.69, 9.17) is 9.47 Å². The molecule has 1 unspecified atom stereocenters. The predicted octanol–water partition coefficient (Wildman–Crippen LogP) is 3.52. The first-order chi connectivity index (χ1) is 10.1. The van der Waals surface area contributed by atoms with Gasteiger partial charge in [0, 0.05) is 26.3 Å². The standard InChI is InChI=1S/C18H31NO2/c1-15(2)19-14-18(6-5-11-21-13-12-20-4)17-9-7-16(3)8-10-17/h7-10,15,18-19H,5-6,11-14H2,1-4H3. The second-order valence-electron chi connectivity index (χ2n) is 5.92. The Balaban J connectivity index is 2.42. The summed E-state index contributed by atoms with van der Waals surface area (Å²) in [5, 5.41) is 3.56. The van der Waals surface area contributed by atoms with Crippen LogP contribution in [0.3, 0.4) is 0 Å². The van der Waals surface area contributed by atoms with Gasteiger partial charge in [0.15, 0.2) is 0 Å². The Labute approximate surface area is 130 Å². The minimum Gasteiger partial charge on any atom is -0.382 e. The van der Waals surface area contributed by atoms with Crippen LogP contribution in [-0.2, 0) is 9.47 Å². The van der Waals surface area contributed by atoms with Crippen molar-refractivity contribution in [2.24, 2.45) is 0 Å². The highest BCUT2D eigenvalue weighted by Gasteiger charge is 2.11. The molecule has 1 aromatic rings. The van der Waals surface area contributed by atoms with Gasteiger partial charge in [-0.3, -0.25) is 0 Å². The van der Waals surface area contributed by atoms with Gasteiger partial charge in [-0.1, -0.05) is 43.7 Å². The molecule has 21 heavy (non-hydrogen) atoms. The van der Waals surface area contributed by atoms with Gasteiger partial charge in [0.2, 0.25) is 0 Å². The molecule has 0 aliphatic rings. The third-order valence-corrected chi connectivity index (χ3v) is 3.59. The van der Waals surface area contributed by atoms with E-state index >= 15 is 0 Å². The summed E-state index contributed by atoms with van der Waals surface area (Å²) in [6.45, 7) is 9.73. The fourth-order valence-corrected chi connectivity index (χ4v) is 2.28. The van der Waals surface area contributed by atoms with Gasteiger partial charge < -0.3 is 14.8 Å². The molecule has 0 amide bonds. The maximum absolute atomic E-state index is 5.56. The maximum Gasteiger partial charge on any atom is 0.0700 e. The lowest BCUT2D eigenvalue weighted by Gasteiger charge is -2.20. The van der Waals surface area contributed by atoms with E-state index in [0.717, 1.165) is 26.0 Å². The number of hydrogen-bond donors (Lipinski definition) is 1. The maximum atomic E-state index is 5.56. The molecule has 0 radical (unpaired) electrons. The highest BCUT2D eigenvalue weighted by Crippen LogP contribution is 2.21. The molecule has 1 rings (SSSR count). The zero-order valence-corrected chi connectivity index (χ0v) is 14.0. The van der Waals surface area contributed by atoms with E-state index in [2.05, 4.69) is 50.4 Å². The highest BCUT2D eigenvalue weighted by atomic mass is 16.5. The Morgan fingerprint density at radius 1 is 1.05 bits per heavy atom. The molecule has 0 saturated carbocycles. The van der Waals surface area contributed by atoms with Crippen molar-refractivity contribution in [1.82, 2.24) is 5.32 Å². The molecule has 0 bridgehead atoms. The van der Waals surface area contributed by atoms with Crippen molar-refractivity contribution in [3.05, 3.63) is 35.4 Å². The van der Waals surface area contributed by atoms with Crippen molar-refractivity contribution >= 4 is 0 Å². The SMILES string of the molecule is COCCOCCCC(CNC(C)C)c1ccc(C)cc1. The Bertz CT molecular complexity index is 362. The Morgan fingerprint density at radius 3 is 2.38 bits per heavy atom. The molecule has 0 heterocycles. The van der Waals surface area contributed by atoms with Crippen LogP contribution in [0.15, 0.2) is 24.3 Å². The first kappa shape index (κ1) is 18.1. The average molecular weight is 293 g/mol. The molecule has 0 aromatic heterocycles. The van der Waals surface area contributed by atoms with Crippen molar-refractivity contribution in [3.8, 4) is 0 Å². The summed E-state index contributed by atoms with van der Waals surface area (Å²) in [5.41, 5.74) is 2.74. The summed E-state index contributed by atoms with van der Waals surface area (Å²) in [6, 6.07) is 9.44. The minimum absolute atomic E-state index is 0.524. The van der Waals surface area contributed by atoms with E-state index in [1.165, 1.54) is 11.1 Å². The molecule has 0 aliphatic carbocycles. The topological polar surface area (TPSA) is 30.5 Å². The van der Waals surface area contributed by atoms with Crippen LogP contribution >= 0.6 is 0 Å². The molecule has 3 nitrogen and oxygen atoms in total. The molecular weight excluding hydrogens is 262 g/mol. The first-order valence-electron chi connectivity index (χ1n) is 8.00. The van der Waals surface area contributed by atoms with Crippen molar-refractivity contribution in [2.75, 3.05) is 33.5 Å². The largest absolute Gasteiger partial charge is 0.382 e. The van der Waals surface area contributed by atoms with Crippen LogP contribution in [-0.4, -0.2) is 39.5 Å². The second-order valence-corrected chi connectivity index (χ2v) is 5.92. The van der Waals surface area contributed by atoms with Crippen LogP contribution in [0.4, 0.5) is 0 Å². The Morgan fingerprint density at radius 2 is 1.76 bits per heavy atom. The van der Waals surface area contributed by atoms with Gasteiger partial charge in [0.05, 0.1) is 13.2 Å². The lowest BCUT2D eigenvalue weighted by molar-refractivity contribution is 0.0681. The van der Waals surface area contributed by atoms with E-state index in [9.17, 15) is 0 Å². The monoisotopic (exact) mass is 293 g/mol.